The van der Waals surface area contributed by atoms with Crippen LogP contribution in [0.1, 0.15) is 26.2 Å². The molecule has 0 aromatic carbocycles. The second kappa shape index (κ2) is 6.37. The molecule has 4 heteroatoms. The van der Waals surface area contributed by atoms with Crippen LogP contribution in [0.3, 0.4) is 0 Å². The lowest BCUT2D eigenvalue weighted by atomic mass is 10.0. The SMILES string of the molecule is C=C(/C=C\C=C/C)[C@@H]1CCON1C(=O)C1(COC)CC1. The van der Waals surface area contributed by atoms with Gasteiger partial charge in [-0.1, -0.05) is 30.9 Å². The molecule has 0 aromatic rings. The van der Waals surface area contributed by atoms with E-state index in [0.29, 0.717) is 13.2 Å². The van der Waals surface area contributed by atoms with E-state index in [1.54, 1.807) is 7.11 Å². The van der Waals surface area contributed by atoms with Crippen LogP contribution in [0.25, 0.3) is 0 Å². The number of hydroxylamine groups is 2. The molecule has 0 bridgehead atoms. The van der Waals surface area contributed by atoms with Gasteiger partial charge in [-0.3, -0.25) is 9.63 Å². The minimum absolute atomic E-state index is 0.0439. The zero-order valence-electron chi connectivity index (χ0n) is 12.3. The predicted molar refractivity (Wildman–Crippen MR) is 77.8 cm³/mol. The monoisotopic (exact) mass is 277 g/mol. The van der Waals surface area contributed by atoms with E-state index in [0.717, 1.165) is 24.8 Å². The van der Waals surface area contributed by atoms with Crippen molar-refractivity contribution in [3.63, 3.8) is 0 Å². The van der Waals surface area contributed by atoms with Crippen molar-refractivity contribution in [3.8, 4) is 0 Å². The number of nitrogens with zero attached hydrogens (tertiary/aromatic N) is 1. The molecule has 4 nitrogen and oxygen atoms in total. The highest BCUT2D eigenvalue weighted by Crippen LogP contribution is 2.48. The molecule has 1 aliphatic heterocycles. The van der Waals surface area contributed by atoms with Crippen LogP contribution < -0.4 is 0 Å². The van der Waals surface area contributed by atoms with E-state index < -0.39 is 0 Å². The van der Waals surface area contributed by atoms with Crippen molar-refractivity contribution in [2.45, 2.75) is 32.2 Å². The smallest absolute Gasteiger partial charge is 0.255 e. The van der Waals surface area contributed by atoms with Crippen LogP contribution >= 0.6 is 0 Å². The number of allylic oxidation sites excluding steroid dienone is 3. The Kier molecular flexibility index (Phi) is 4.78. The molecule has 20 heavy (non-hydrogen) atoms. The van der Waals surface area contributed by atoms with Gasteiger partial charge in [0.1, 0.15) is 0 Å². The fourth-order valence-corrected chi connectivity index (χ4v) is 2.49. The maximum Gasteiger partial charge on any atom is 0.255 e. The third kappa shape index (κ3) is 3.02. The van der Waals surface area contributed by atoms with Gasteiger partial charge in [-0.15, -0.1) is 0 Å². The van der Waals surface area contributed by atoms with Gasteiger partial charge in [-0.2, -0.15) is 0 Å². The molecule has 1 atom stereocenters. The van der Waals surface area contributed by atoms with Crippen molar-refractivity contribution in [2.75, 3.05) is 20.3 Å². The molecule has 0 aromatic heterocycles. The first-order valence-electron chi connectivity index (χ1n) is 7.08. The van der Waals surface area contributed by atoms with Gasteiger partial charge in [0.25, 0.3) is 5.91 Å². The Hall–Kier alpha value is -1.39. The molecular formula is C16H23NO3. The zero-order valence-corrected chi connectivity index (χ0v) is 12.3. The average molecular weight is 277 g/mol. The first kappa shape index (κ1) is 15.0. The maximum absolute atomic E-state index is 12.6. The van der Waals surface area contributed by atoms with Crippen molar-refractivity contribution in [1.82, 2.24) is 5.06 Å². The van der Waals surface area contributed by atoms with Crippen molar-refractivity contribution in [1.29, 1.82) is 0 Å². The van der Waals surface area contributed by atoms with E-state index in [4.69, 9.17) is 9.57 Å². The molecule has 110 valence electrons. The van der Waals surface area contributed by atoms with Gasteiger partial charge >= 0.3 is 0 Å². The Morgan fingerprint density at radius 2 is 2.25 bits per heavy atom. The van der Waals surface area contributed by atoms with Crippen molar-refractivity contribution in [3.05, 3.63) is 36.5 Å². The van der Waals surface area contributed by atoms with Crippen LogP contribution in [0.4, 0.5) is 0 Å². The molecule has 0 N–H and O–H groups in total. The number of hydrogen-bond donors (Lipinski definition) is 0. The summed E-state index contributed by atoms with van der Waals surface area (Å²) in [5.41, 5.74) is 0.548. The van der Waals surface area contributed by atoms with E-state index in [9.17, 15) is 4.79 Å². The normalized spacial score (nSPS) is 24.7. The third-order valence-corrected chi connectivity index (χ3v) is 3.87. The summed E-state index contributed by atoms with van der Waals surface area (Å²) in [6.07, 6.45) is 10.3. The molecule has 1 amide bonds. The van der Waals surface area contributed by atoms with Crippen LogP contribution in [0, 0.1) is 5.41 Å². The molecule has 1 aliphatic carbocycles. The summed E-state index contributed by atoms with van der Waals surface area (Å²) in [6.45, 7) is 7.06. The predicted octanol–water partition coefficient (Wildman–Crippen LogP) is 2.63. The lowest BCUT2D eigenvalue weighted by Gasteiger charge is -2.27. The summed E-state index contributed by atoms with van der Waals surface area (Å²) < 4.78 is 5.18. The summed E-state index contributed by atoms with van der Waals surface area (Å²) in [5.74, 6) is 0.0439. The molecule has 1 saturated carbocycles. The van der Waals surface area contributed by atoms with Crippen LogP contribution in [-0.4, -0.2) is 37.3 Å². The molecule has 2 fully saturated rings. The Balaban J connectivity index is 2.04. The van der Waals surface area contributed by atoms with Gasteiger partial charge in [0.2, 0.25) is 0 Å². The first-order chi connectivity index (χ1) is 9.64. The molecule has 0 unspecified atom stereocenters. The fourth-order valence-electron chi connectivity index (χ4n) is 2.49. The van der Waals surface area contributed by atoms with Gasteiger partial charge in [0.15, 0.2) is 0 Å². The number of hydrogen-bond acceptors (Lipinski definition) is 3. The molecule has 0 radical (unpaired) electrons. The maximum atomic E-state index is 12.6. The highest BCUT2D eigenvalue weighted by molar-refractivity contribution is 5.85. The number of carbonyl (C=O) groups excluding carboxylic acids is 1. The largest absolute Gasteiger partial charge is 0.384 e. The number of amides is 1. The second-order valence-corrected chi connectivity index (χ2v) is 5.44. The minimum Gasteiger partial charge on any atom is -0.384 e. The quantitative estimate of drug-likeness (QED) is 0.701. The number of ether oxygens (including phenoxy) is 1. The van der Waals surface area contributed by atoms with Crippen LogP contribution in [0.15, 0.2) is 36.5 Å². The lowest BCUT2D eigenvalue weighted by Crippen LogP contribution is -2.41. The average Bonchev–Trinajstić information content (AvgIpc) is 3.05. The first-order valence-corrected chi connectivity index (χ1v) is 7.08. The van der Waals surface area contributed by atoms with Crippen molar-refractivity contribution >= 4 is 5.91 Å². The van der Waals surface area contributed by atoms with Gasteiger partial charge in [-0.25, -0.2) is 5.06 Å². The fraction of sp³-hybridized carbons (Fsp3) is 0.562. The molecular weight excluding hydrogens is 254 g/mol. The van der Waals surface area contributed by atoms with Crippen molar-refractivity contribution < 1.29 is 14.4 Å². The van der Waals surface area contributed by atoms with Crippen LogP contribution in [0.5, 0.6) is 0 Å². The van der Waals surface area contributed by atoms with E-state index in [1.807, 2.05) is 31.2 Å². The van der Waals surface area contributed by atoms with E-state index >= 15 is 0 Å². The lowest BCUT2D eigenvalue weighted by molar-refractivity contribution is -0.182. The molecule has 0 spiro atoms. The Bertz CT molecular complexity index is 435. The molecule has 1 heterocycles. The summed E-state index contributed by atoms with van der Waals surface area (Å²) >= 11 is 0. The Morgan fingerprint density at radius 3 is 2.85 bits per heavy atom. The summed E-state index contributed by atoms with van der Waals surface area (Å²) in [5, 5.41) is 1.52. The van der Waals surface area contributed by atoms with Gasteiger partial charge < -0.3 is 4.74 Å². The van der Waals surface area contributed by atoms with E-state index in [2.05, 4.69) is 6.58 Å². The second-order valence-electron chi connectivity index (χ2n) is 5.44. The molecule has 1 saturated heterocycles. The zero-order chi connectivity index (χ0) is 14.6. The Labute approximate surface area is 120 Å². The Morgan fingerprint density at radius 1 is 1.50 bits per heavy atom. The van der Waals surface area contributed by atoms with Crippen molar-refractivity contribution in [2.24, 2.45) is 5.41 Å². The topological polar surface area (TPSA) is 38.8 Å². The summed E-state index contributed by atoms with van der Waals surface area (Å²) in [7, 11) is 1.63. The highest BCUT2D eigenvalue weighted by Gasteiger charge is 2.54. The van der Waals surface area contributed by atoms with Crippen LogP contribution in [0.2, 0.25) is 0 Å². The number of carbonyl (C=O) groups is 1. The van der Waals surface area contributed by atoms with Crippen LogP contribution in [-0.2, 0) is 14.4 Å². The van der Waals surface area contributed by atoms with E-state index in [1.165, 1.54) is 5.06 Å². The number of rotatable bonds is 6. The summed E-state index contributed by atoms with van der Waals surface area (Å²) in [4.78, 5) is 18.1. The minimum atomic E-state index is -0.356. The number of methoxy groups -OCH3 is 1. The van der Waals surface area contributed by atoms with E-state index in [-0.39, 0.29) is 17.4 Å². The standard InChI is InChI=1S/C16H23NO3/c1-4-5-6-7-13(2)14-8-11-20-17(14)15(18)16(9-10-16)12-19-3/h4-7,14H,2,8-12H2,1,3H3/b5-4-,7-6-/t14-/m0/s1. The molecule has 2 rings (SSSR count). The summed E-state index contributed by atoms with van der Waals surface area (Å²) in [6, 6.07) is -0.0571. The third-order valence-electron chi connectivity index (χ3n) is 3.87. The molecule has 2 aliphatic rings. The van der Waals surface area contributed by atoms with Gasteiger partial charge in [-0.05, 0) is 25.3 Å². The highest BCUT2D eigenvalue weighted by atomic mass is 16.7. The van der Waals surface area contributed by atoms with Gasteiger partial charge in [0, 0.05) is 13.5 Å². The van der Waals surface area contributed by atoms with Gasteiger partial charge in [0.05, 0.1) is 24.7 Å².